The predicted octanol–water partition coefficient (Wildman–Crippen LogP) is 3.04. The molecule has 0 unspecified atom stereocenters. The van der Waals surface area contributed by atoms with Crippen LogP contribution in [-0.2, 0) is 24.2 Å². The number of amides is 1. The van der Waals surface area contributed by atoms with Crippen molar-refractivity contribution in [2.45, 2.75) is 57.2 Å². The van der Waals surface area contributed by atoms with E-state index in [0.717, 1.165) is 31.5 Å². The third-order valence-corrected chi connectivity index (χ3v) is 7.65. The highest BCUT2D eigenvalue weighted by molar-refractivity contribution is 5.78. The molecule has 5 nitrogen and oxygen atoms in total. The summed E-state index contributed by atoms with van der Waals surface area (Å²) >= 11 is 0. The van der Waals surface area contributed by atoms with Crippen LogP contribution in [0.4, 0.5) is 0 Å². The molecule has 1 N–H and O–H groups in total. The summed E-state index contributed by atoms with van der Waals surface area (Å²) in [6.45, 7) is 5.13. The van der Waals surface area contributed by atoms with Crippen LogP contribution in [0, 0.1) is 5.92 Å². The SMILES string of the molecule is O=C(NCc1cccnc1)C1CCN(C2CCN(C3Cc4ccccc4C3)CC2)CC1. The minimum absolute atomic E-state index is 0.157. The Morgan fingerprint density at radius 3 is 2.16 bits per heavy atom. The average Bonchev–Trinajstić information content (AvgIpc) is 3.28. The van der Waals surface area contributed by atoms with Gasteiger partial charge in [-0.1, -0.05) is 30.3 Å². The van der Waals surface area contributed by atoms with Crippen molar-refractivity contribution in [1.82, 2.24) is 20.1 Å². The Hall–Kier alpha value is -2.24. The molecule has 2 fully saturated rings. The topological polar surface area (TPSA) is 48.5 Å². The maximum absolute atomic E-state index is 12.6. The maximum atomic E-state index is 12.6. The van der Waals surface area contributed by atoms with E-state index in [1.54, 1.807) is 17.3 Å². The highest BCUT2D eigenvalue weighted by atomic mass is 16.1. The standard InChI is InChI=1S/C26H34N4O/c31-26(28-19-20-4-3-11-27-18-20)21-7-12-29(13-8-21)24-9-14-30(15-10-24)25-16-22-5-1-2-6-23(22)17-25/h1-6,11,18,21,24-25H,7-10,12-17,19H2,(H,28,31). The Kier molecular flexibility index (Phi) is 6.32. The summed E-state index contributed by atoms with van der Waals surface area (Å²) in [6.07, 6.45) is 10.5. The van der Waals surface area contributed by atoms with Gasteiger partial charge in [-0.2, -0.15) is 0 Å². The first-order chi connectivity index (χ1) is 15.3. The first kappa shape index (κ1) is 20.7. The van der Waals surface area contributed by atoms with Gasteiger partial charge in [0.2, 0.25) is 5.91 Å². The van der Waals surface area contributed by atoms with E-state index in [-0.39, 0.29) is 11.8 Å². The van der Waals surface area contributed by atoms with Gasteiger partial charge in [0, 0.05) is 36.9 Å². The van der Waals surface area contributed by atoms with Gasteiger partial charge in [0.1, 0.15) is 0 Å². The third-order valence-electron chi connectivity index (χ3n) is 7.65. The molecular weight excluding hydrogens is 384 g/mol. The third kappa shape index (κ3) is 4.83. The Bertz CT molecular complexity index is 845. The molecule has 3 aliphatic rings. The monoisotopic (exact) mass is 418 g/mol. The van der Waals surface area contributed by atoms with Crippen LogP contribution in [0.15, 0.2) is 48.8 Å². The zero-order valence-corrected chi connectivity index (χ0v) is 18.4. The van der Waals surface area contributed by atoms with Crippen LogP contribution < -0.4 is 5.32 Å². The Morgan fingerprint density at radius 1 is 0.871 bits per heavy atom. The van der Waals surface area contributed by atoms with Crippen molar-refractivity contribution in [3.8, 4) is 0 Å². The number of nitrogens with zero attached hydrogens (tertiary/aromatic N) is 3. The van der Waals surface area contributed by atoms with Gasteiger partial charge in [0.25, 0.3) is 0 Å². The van der Waals surface area contributed by atoms with E-state index in [1.807, 2.05) is 18.3 Å². The number of fused-ring (bicyclic) bond motifs is 1. The molecule has 1 aromatic heterocycles. The second-order valence-corrected chi connectivity index (χ2v) is 9.49. The number of carbonyl (C=O) groups excluding carboxylic acids is 1. The molecule has 1 aromatic carbocycles. The van der Waals surface area contributed by atoms with E-state index in [0.29, 0.717) is 18.6 Å². The lowest BCUT2D eigenvalue weighted by atomic mass is 9.92. The molecule has 0 saturated carbocycles. The number of hydrogen-bond donors (Lipinski definition) is 1. The van der Waals surface area contributed by atoms with Crippen molar-refractivity contribution >= 4 is 5.91 Å². The summed E-state index contributed by atoms with van der Waals surface area (Å²) in [4.78, 5) is 22.1. The first-order valence-electron chi connectivity index (χ1n) is 12.0. The predicted molar refractivity (Wildman–Crippen MR) is 123 cm³/mol. The summed E-state index contributed by atoms with van der Waals surface area (Å²) in [6, 6.07) is 14.3. The second-order valence-electron chi connectivity index (χ2n) is 9.49. The number of rotatable bonds is 5. The highest BCUT2D eigenvalue weighted by Gasteiger charge is 2.33. The van der Waals surface area contributed by atoms with Crippen molar-refractivity contribution in [3.05, 3.63) is 65.5 Å². The molecule has 1 amide bonds. The van der Waals surface area contributed by atoms with Gasteiger partial charge < -0.3 is 10.2 Å². The number of aromatic nitrogens is 1. The lowest BCUT2D eigenvalue weighted by molar-refractivity contribution is -0.126. The molecule has 164 valence electrons. The van der Waals surface area contributed by atoms with Gasteiger partial charge in [-0.25, -0.2) is 0 Å². The number of hydrogen-bond acceptors (Lipinski definition) is 4. The van der Waals surface area contributed by atoms with E-state index in [1.165, 1.54) is 38.8 Å². The molecule has 5 rings (SSSR count). The molecule has 2 saturated heterocycles. The van der Waals surface area contributed by atoms with Crippen molar-refractivity contribution < 1.29 is 4.79 Å². The van der Waals surface area contributed by atoms with Crippen LogP contribution in [0.3, 0.4) is 0 Å². The maximum Gasteiger partial charge on any atom is 0.223 e. The van der Waals surface area contributed by atoms with E-state index in [9.17, 15) is 4.79 Å². The second kappa shape index (κ2) is 9.49. The number of nitrogens with one attached hydrogen (secondary N) is 1. The number of likely N-dealkylation sites (tertiary alicyclic amines) is 2. The average molecular weight is 419 g/mol. The van der Waals surface area contributed by atoms with Crippen molar-refractivity contribution in [3.63, 3.8) is 0 Å². The normalized spacial score (nSPS) is 21.8. The van der Waals surface area contributed by atoms with E-state index < -0.39 is 0 Å². The number of carbonyl (C=O) groups is 1. The smallest absolute Gasteiger partial charge is 0.223 e. The van der Waals surface area contributed by atoms with Gasteiger partial charge in [0.15, 0.2) is 0 Å². The molecule has 31 heavy (non-hydrogen) atoms. The lowest BCUT2D eigenvalue weighted by Gasteiger charge is -2.43. The number of piperidine rings is 2. The summed E-state index contributed by atoms with van der Waals surface area (Å²) in [5, 5.41) is 3.10. The largest absolute Gasteiger partial charge is 0.352 e. The van der Waals surface area contributed by atoms with E-state index in [4.69, 9.17) is 0 Å². The highest BCUT2D eigenvalue weighted by Crippen LogP contribution is 2.29. The minimum Gasteiger partial charge on any atom is -0.352 e. The number of pyridine rings is 1. The van der Waals surface area contributed by atoms with E-state index >= 15 is 0 Å². The Balaban J connectivity index is 1.04. The molecular formula is C26H34N4O. The molecule has 2 aromatic rings. The van der Waals surface area contributed by atoms with E-state index in [2.05, 4.69) is 44.4 Å². The lowest BCUT2D eigenvalue weighted by Crippen LogP contribution is -2.51. The zero-order valence-electron chi connectivity index (χ0n) is 18.4. The van der Waals surface area contributed by atoms with Gasteiger partial charge in [-0.05, 0) is 87.5 Å². The summed E-state index contributed by atoms with van der Waals surface area (Å²) < 4.78 is 0. The van der Waals surface area contributed by atoms with Crippen LogP contribution in [0.25, 0.3) is 0 Å². The molecule has 0 radical (unpaired) electrons. The first-order valence-corrected chi connectivity index (χ1v) is 12.0. The van der Waals surface area contributed by atoms with Gasteiger partial charge >= 0.3 is 0 Å². The fraction of sp³-hybridized carbons (Fsp3) is 0.538. The van der Waals surface area contributed by atoms with Crippen LogP contribution in [0.2, 0.25) is 0 Å². The molecule has 0 atom stereocenters. The summed E-state index contributed by atoms with van der Waals surface area (Å²) in [5.74, 6) is 0.365. The molecule has 0 spiro atoms. The van der Waals surface area contributed by atoms with Gasteiger partial charge in [0.05, 0.1) is 0 Å². The molecule has 0 bridgehead atoms. The minimum atomic E-state index is 0.157. The van der Waals surface area contributed by atoms with Crippen LogP contribution >= 0.6 is 0 Å². The molecule has 5 heteroatoms. The van der Waals surface area contributed by atoms with Crippen LogP contribution in [-0.4, -0.2) is 59.0 Å². The Morgan fingerprint density at radius 2 is 1.52 bits per heavy atom. The van der Waals surface area contributed by atoms with Gasteiger partial charge in [-0.15, -0.1) is 0 Å². The van der Waals surface area contributed by atoms with Crippen molar-refractivity contribution in [2.24, 2.45) is 5.92 Å². The van der Waals surface area contributed by atoms with Gasteiger partial charge in [-0.3, -0.25) is 14.7 Å². The fourth-order valence-electron chi connectivity index (χ4n) is 5.77. The molecule has 2 aliphatic heterocycles. The summed E-state index contributed by atoms with van der Waals surface area (Å²) in [7, 11) is 0. The fourth-order valence-corrected chi connectivity index (χ4v) is 5.77. The molecule has 1 aliphatic carbocycles. The summed E-state index contributed by atoms with van der Waals surface area (Å²) in [5.41, 5.74) is 4.17. The number of benzene rings is 1. The Labute approximate surface area is 185 Å². The quantitative estimate of drug-likeness (QED) is 0.811. The zero-order chi connectivity index (χ0) is 21.0. The van der Waals surface area contributed by atoms with Crippen molar-refractivity contribution in [2.75, 3.05) is 26.2 Å². The van der Waals surface area contributed by atoms with Crippen LogP contribution in [0.5, 0.6) is 0 Å². The van der Waals surface area contributed by atoms with Crippen molar-refractivity contribution in [1.29, 1.82) is 0 Å². The van der Waals surface area contributed by atoms with Crippen LogP contribution in [0.1, 0.15) is 42.4 Å². The molecule has 3 heterocycles.